The van der Waals surface area contributed by atoms with Crippen molar-refractivity contribution in [3.63, 3.8) is 0 Å². The molecule has 0 amide bonds. The van der Waals surface area contributed by atoms with Crippen molar-refractivity contribution in [2.24, 2.45) is 17.8 Å². The highest BCUT2D eigenvalue weighted by atomic mass is 16.5. The molecule has 0 bridgehead atoms. The summed E-state index contributed by atoms with van der Waals surface area (Å²) in [7, 11) is 1.67. The van der Waals surface area contributed by atoms with Crippen molar-refractivity contribution < 1.29 is 4.74 Å². The maximum Gasteiger partial charge on any atom is 0.121 e. The molecule has 0 aliphatic rings. The molecule has 0 fully saturated rings. The molecule has 3 nitrogen and oxygen atoms in total. The maximum absolute atomic E-state index is 5.96. The van der Waals surface area contributed by atoms with E-state index in [-0.39, 0.29) is 0 Å². The first kappa shape index (κ1) is 14.7. The highest BCUT2D eigenvalue weighted by molar-refractivity contribution is 5.68. The molecule has 0 aliphatic heterocycles. The number of nitrogen functional groups attached to an aromatic ring is 1. The molecule has 0 atom stereocenters. The van der Waals surface area contributed by atoms with Gasteiger partial charge in [0.05, 0.1) is 18.5 Å². The van der Waals surface area contributed by atoms with Crippen LogP contribution in [0, 0.1) is 17.8 Å². The summed E-state index contributed by atoms with van der Waals surface area (Å²) in [4.78, 5) is 0. The van der Waals surface area contributed by atoms with Crippen LogP contribution < -0.4 is 15.8 Å². The van der Waals surface area contributed by atoms with E-state index >= 15 is 0 Å². The fraction of sp³-hybridized carbons (Fsp3) is 0.600. The fourth-order valence-electron chi connectivity index (χ4n) is 2.28. The zero-order valence-corrected chi connectivity index (χ0v) is 12.2. The highest BCUT2D eigenvalue weighted by Crippen LogP contribution is 2.26. The molecular weight excluding hydrogens is 224 g/mol. The number of anilines is 2. The zero-order valence-electron chi connectivity index (χ0n) is 12.2. The first-order chi connectivity index (χ1) is 8.45. The minimum absolute atomic E-state index is 0.635. The molecule has 1 rings (SSSR count). The third kappa shape index (κ3) is 3.83. The highest BCUT2D eigenvalue weighted by Gasteiger charge is 2.17. The topological polar surface area (TPSA) is 47.3 Å². The molecular formula is C15H26N2O. The van der Waals surface area contributed by atoms with E-state index in [1.165, 1.54) is 0 Å². The van der Waals surface area contributed by atoms with Crippen molar-refractivity contribution in [3.05, 3.63) is 18.2 Å². The lowest BCUT2D eigenvalue weighted by Crippen LogP contribution is -2.24. The zero-order chi connectivity index (χ0) is 13.7. The summed E-state index contributed by atoms with van der Waals surface area (Å²) < 4.78 is 5.22. The van der Waals surface area contributed by atoms with Gasteiger partial charge in [0.2, 0.25) is 0 Å². The Morgan fingerprint density at radius 2 is 1.78 bits per heavy atom. The number of nitrogens with two attached hydrogens (primary N) is 1. The Morgan fingerprint density at radius 1 is 1.17 bits per heavy atom. The Balaban J connectivity index is 2.72. The van der Waals surface area contributed by atoms with E-state index in [2.05, 4.69) is 33.0 Å². The van der Waals surface area contributed by atoms with Crippen LogP contribution in [-0.4, -0.2) is 13.7 Å². The van der Waals surface area contributed by atoms with E-state index in [0.717, 1.165) is 23.7 Å². The Labute approximate surface area is 111 Å². The van der Waals surface area contributed by atoms with E-state index in [1.807, 2.05) is 18.2 Å². The van der Waals surface area contributed by atoms with Gasteiger partial charge in [-0.3, -0.25) is 0 Å². The second kappa shape index (κ2) is 6.53. The number of hydrogen-bond acceptors (Lipinski definition) is 3. The van der Waals surface area contributed by atoms with Gasteiger partial charge in [0.1, 0.15) is 5.75 Å². The van der Waals surface area contributed by atoms with Crippen molar-refractivity contribution in [1.29, 1.82) is 0 Å². The molecule has 18 heavy (non-hydrogen) atoms. The SMILES string of the molecule is COc1ccc(N)c(NCC(C(C)C)C(C)C)c1. The average Bonchev–Trinajstić information content (AvgIpc) is 2.30. The summed E-state index contributed by atoms with van der Waals surface area (Å²) in [5.74, 6) is 2.78. The summed E-state index contributed by atoms with van der Waals surface area (Å²) >= 11 is 0. The Kier molecular flexibility index (Phi) is 5.32. The van der Waals surface area contributed by atoms with Crippen LogP contribution in [0.2, 0.25) is 0 Å². The molecule has 0 saturated carbocycles. The number of nitrogens with one attached hydrogen (secondary N) is 1. The second-order valence-corrected chi connectivity index (χ2v) is 5.49. The summed E-state index contributed by atoms with van der Waals surface area (Å²) in [6.07, 6.45) is 0. The third-order valence-corrected chi connectivity index (χ3v) is 3.50. The van der Waals surface area contributed by atoms with Gasteiger partial charge >= 0.3 is 0 Å². The van der Waals surface area contributed by atoms with Gasteiger partial charge in [-0.25, -0.2) is 0 Å². The first-order valence-corrected chi connectivity index (χ1v) is 6.63. The van der Waals surface area contributed by atoms with Crippen LogP contribution in [-0.2, 0) is 0 Å². The smallest absolute Gasteiger partial charge is 0.121 e. The van der Waals surface area contributed by atoms with Crippen LogP contribution in [0.3, 0.4) is 0 Å². The second-order valence-electron chi connectivity index (χ2n) is 5.49. The van der Waals surface area contributed by atoms with Gasteiger partial charge in [0, 0.05) is 12.6 Å². The van der Waals surface area contributed by atoms with Crippen molar-refractivity contribution in [1.82, 2.24) is 0 Å². The van der Waals surface area contributed by atoms with Gasteiger partial charge in [0.15, 0.2) is 0 Å². The minimum atomic E-state index is 0.635. The van der Waals surface area contributed by atoms with Crippen molar-refractivity contribution >= 4 is 11.4 Å². The number of ether oxygens (including phenoxy) is 1. The minimum Gasteiger partial charge on any atom is -0.497 e. The van der Waals surface area contributed by atoms with Crippen molar-refractivity contribution in [3.8, 4) is 5.75 Å². The van der Waals surface area contributed by atoms with Crippen LogP contribution in [0.5, 0.6) is 5.75 Å². The molecule has 3 N–H and O–H groups in total. The standard InChI is InChI=1S/C15H26N2O/c1-10(2)13(11(3)4)9-17-15-8-12(18-5)6-7-14(15)16/h6-8,10-11,13,17H,9,16H2,1-5H3. The van der Waals surface area contributed by atoms with Gasteiger partial charge in [-0.15, -0.1) is 0 Å². The molecule has 0 unspecified atom stereocenters. The Morgan fingerprint density at radius 3 is 2.28 bits per heavy atom. The summed E-state index contributed by atoms with van der Waals surface area (Å²) in [6, 6.07) is 5.71. The van der Waals surface area contributed by atoms with Crippen LogP contribution in [0.25, 0.3) is 0 Å². The van der Waals surface area contributed by atoms with E-state index in [0.29, 0.717) is 17.8 Å². The quantitative estimate of drug-likeness (QED) is 0.758. The van der Waals surface area contributed by atoms with E-state index in [1.54, 1.807) is 7.11 Å². The Bertz CT molecular complexity index is 367. The molecule has 0 heterocycles. The van der Waals surface area contributed by atoms with Gasteiger partial charge in [0.25, 0.3) is 0 Å². The largest absolute Gasteiger partial charge is 0.497 e. The lowest BCUT2D eigenvalue weighted by molar-refractivity contribution is 0.304. The molecule has 0 aromatic heterocycles. The van der Waals surface area contributed by atoms with Crippen LogP contribution in [0.15, 0.2) is 18.2 Å². The monoisotopic (exact) mass is 250 g/mol. The first-order valence-electron chi connectivity index (χ1n) is 6.63. The number of benzene rings is 1. The molecule has 0 spiro atoms. The van der Waals surface area contributed by atoms with Crippen LogP contribution >= 0.6 is 0 Å². The normalized spacial score (nSPS) is 11.3. The van der Waals surface area contributed by atoms with Crippen LogP contribution in [0.1, 0.15) is 27.7 Å². The molecule has 102 valence electrons. The number of methoxy groups -OCH3 is 1. The average molecular weight is 250 g/mol. The van der Waals surface area contributed by atoms with E-state index in [9.17, 15) is 0 Å². The lowest BCUT2D eigenvalue weighted by atomic mass is 9.85. The van der Waals surface area contributed by atoms with Gasteiger partial charge in [-0.05, 0) is 29.9 Å². The van der Waals surface area contributed by atoms with Gasteiger partial charge in [-0.1, -0.05) is 27.7 Å². The Hall–Kier alpha value is -1.38. The lowest BCUT2D eigenvalue weighted by Gasteiger charge is -2.26. The molecule has 0 saturated heterocycles. The molecule has 1 aromatic carbocycles. The summed E-state index contributed by atoms with van der Waals surface area (Å²) in [5.41, 5.74) is 7.69. The van der Waals surface area contributed by atoms with Gasteiger partial charge in [-0.2, -0.15) is 0 Å². The maximum atomic E-state index is 5.96. The molecule has 3 heteroatoms. The predicted octanol–water partition coefficient (Wildman–Crippen LogP) is 3.62. The van der Waals surface area contributed by atoms with Gasteiger partial charge < -0.3 is 15.8 Å². The summed E-state index contributed by atoms with van der Waals surface area (Å²) in [6.45, 7) is 10.00. The number of rotatable bonds is 6. The number of hydrogen-bond donors (Lipinski definition) is 2. The van der Waals surface area contributed by atoms with E-state index in [4.69, 9.17) is 10.5 Å². The predicted molar refractivity (Wildman–Crippen MR) is 79.1 cm³/mol. The van der Waals surface area contributed by atoms with Crippen molar-refractivity contribution in [2.45, 2.75) is 27.7 Å². The molecule has 0 aliphatic carbocycles. The third-order valence-electron chi connectivity index (χ3n) is 3.50. The van der Waals surface area contributed by atoms with Crippen molar-refractivity contribution in [2.75, 3.05) is 24.7 Å². The van der Waals surface area contributed by atoms with E-state index < -0.39 is 0 Å². The molecule has 0 radical (unpaired) electrons. The summed E-state index contributed by atoms with van der Waals surface area (Å²) in [5, 5.41) is 3.45. The van der Waals surface area contributed by atoms with Crippen LogP contribution in [0.4, 0.5) is 11.4 Å². The fourth-order valence-corrected chi connectivity index (χ4v) is 2.28. The molecule has 1 aromatic rings.